The minimum atomic E-state index is -0.588. The van der Waals surface area contributed by atoms with Crippen LogP contribution in [0.3, 0.4) is 0 Å². The number of piperazine rings is 1. The number of imidazole rings is 1. The van der Waals surface area contributed by atoms with E-state index in [0.29, 0.717) is 94.4 Å². The number of hydrogen-bond donors (Lipinski definition) is 1. The van der Waals surface area contributed by atoms with Crippen molar-refractivity contribution in [2.45, 2.75) is 84.2 Å². The molecule has 3 aliphatic heterocycles. The Labute approximate surface area is 333 Å². The molecule has 1 atom stereocenters. The fourth-order valence-corrected chi connectivity index (χ4v) is 7.41. The van der Waals surface area contributed by atoms with E-state index in [0.717, 1.165) is 22.2 Å². The SMILES string of the molecule is CC(C)(C)OC(=O)N1CCN(c2cc(F)cc(OC3CCN(C(=O)c4ccc(O[C@H]5CCN(C(=O)OC(C)(C)C)C5)c(-c5ccc6nc[nH]c6c5)c4)CC3)c2)CC1. The third kappa shape index (κ3) is 9.89. The normalized spacial score (nSPS) is 18.2. The molecule has 1 aromatic heterocycles. The molecule has 1 N–H and O–H groups in total. The molecule has 3 aromatic carbocycles. The number of carbonyl (C=O) groups is 3. The summed E-state index contributed by atoms with van der Waals surface area (Å²) in [4.78, 5) is 54.0. The summed E-state index contributed by atoms with van der Waals surface area (Å²) in [5, 5.41) is 0. The van der Waals surface area contributed by atoms with Crippen molar-refractivity contribution in [1.82, 2.24) is 24.7 Å². The molecule has 4 aromatic rings. The summed E-state index contributed by atoms with van der Waals surface area (Å²) < 4.78 is 38.8. The molecule has 0 aliphatic carbocycles. The van der Waals surface area contributed by atoms with Gasteiger partial charge in [0.2, 0.25) is 0 Å². The zero-order valence-electron chi connectivity index (χ0n) is 33.7. The van der Waals surface area contributed by atoms with Crippen molar-refractivity contribution in [3.8, 4) is 22.6 Å². The van der Waals surface area contributed by atoms with E-state index in [4.69, 9.17) is 18.9 Å². The van der Waals surface area contributed by atoms with Crippen molar-refractivity contribution in [3.63, 3.8) is 0 Å². The van der Waals surface area contributed by atoms with Crippen molar-refractivity contribution >= 4 is 34.8 Å². The van der Waals surface area contributed by atoms with Gasteiger partial charge in [-0.25, -0.2) is 19.0 Å². The van der Waals surface area contributed by atoms with Crippen LogP contribution in [-0.2, 0) is 9.47 Å². The van der Waals surface area contributed by atoms with Crippen molar-refractivity contribution < 1.29 is 37.7 Å². The number of benzene rings is 3. The smallest absolute Gasteiger partial charge is 0.410 e. The number of piperidine rings is 1. The quantitative estimate of drug-likeness (QED) is 0.203. The lowest BCUT2D eigenvalue weighted by molar-refractivity contribution is 0.0237. The highest BCUT2D eigenvalue weighted by Crippen LogP contribution is 2.35. The lowest BCUT2D eigenvalue weighted by atomic mass is 9.99. The fraction of sp³-hybridized carbons (Fsp3) is 0.488. The summed E-state index contributed by atoms with van der Waals surface area (Å²) in [5.74, 6) is 0.565. The van der Waals surface area contributed by atoms with Crippen LogP contribution >= 0.6 is 0 Å². The Morgan fingerprint density at radius 3 is 2.09 bits per heavy atom. The number of rotatable bonds is 7. The van der Waals surface area contributed by atoms with Crippen molar-refractivity contribution in [2.24, 2.45) is 0 Å². The molecule has 304 valence electrons. The van der Waals surface area contributed by atoms with Crippen molar-refractivity contribution in [2.75, 3.05) is 57.3 Å². The van der Waals surface area contributed by atoms with Gasteiger partial charge in [-0.15, -0.1) is 0 Å². The number of ether oxygens (including phenoxy) is 4. The molecule has 13 nitrogen and oxygen atoms in total. The Hall–Kier alpha value is -5.53. The Morgan fingerprint density at radius 2 is 1.39 bits per heavy atom. The molecule has 3 aliphatic rings. The number of aromatic amines is 1. The summed E-state index contributed by atoms with van der Waals surface area (Å²) in [6.45, 7) is 15.0. The zero-order chi connectivity index (χ0) is 40.5. The fourth-order valence-electron chi connectivity index (χ4n) is 7.41. The van der Waals surface area contributed by atoms with E-state index in [1.807, 2.05) is 87.7 Å². The second-order valence-electron chi connectivity index (χ2n) is 17.0. The summed E-state index contributed by atoms with van der Waals surface area (Å²) in [6.07, 6.45) is 2.35. The summed E-state index contributed by atoms with van der Waals surface area (Å²) >= 11 is 0. The van der Waals surface area contributed by atoms with Gasteiger partial charge in [0.15, 0.2) is 0 Å². The minimum Gasteiger partial charge on any atom is -0.490 e. The van der Waals surface area contributed by atoms with E-state index in [9.17, 15) is 18.8 Å². The first-order valence-electron chi connectivity index (χ1n) is 19.8. The largest absolute Gasteiger partial charge is 0.490 e. The van der Waals surface area contributed by atoms with Gasteiger partial charge in [-0.1, -0.05) is 6.07 Å². The van der Waals surface area contributed by atoms with Crippen LogP contribution in [0.4, 0.5) is 19.7 Å². The van der Waals surface area contributed by atoms with Crippen LogP contribution in [0.15, 0.2) is 60.9 Å². The first-order valence-corrected chi connectivity index (χ1v) is 19.8. The van der Waals surface area contributed by atoms with E-state index in [2.05, 4.69) is 9.97 Å². The summed E-state index contributed by atoms with van der Waals surface area (Å²) in [5.41, 5.74) is 3.39. The highest BCUT2D eigenvalue weighted by Gasteiger charge is 2.32. The van der Waals surface area contributed by atoms with Gasteiger partial charge in [-0.3, -0.25) is 4.79 Å². The standard InChI is InChI=1S/C43H53FN6O7/c1-42(2,3)56-40(52)49-19-17-47(18-20-49)31-23-30(44)24-34(25-31)54-32-11-14-48(15-12-32)39(51)29-8-10-38(35(21-29)28-7-9-36-37(22-28)46-27-45-36)55-33-13-16-50(26-33)41(53)57-43(4,5)6/h7-10,21-25,27,32-33H,11-20,26H2,1-6H3,(H,45,46)/t33-/m0/s1. The van der Waals surface area contributed by atoms with Gasteiger partial charge < -0.3 is 43.5 Å². The van der Waals surface area contributed by atoms with Crippen molar-refractivity contribution in [1.29, 1.82) is 0 Å². The van der Waals surface area contributed by atoms with Gasteiger partial charge in [0, 0.05) is 94.0 Å². The van der Waals surface area contributed by atoms with Crippen LogP contribution in [0, 0.1) is 5.82 Å². The number of anilines is 1. The molecule has 7 rings (SSSR count). The van der Waals surface area contributed by atoms with Gasteiger partial charge in [-0.05, 0) is 83.5 Å². The number of hydrogen-bond acceptors (Lipinski definition) is 9. The van der Waals surface area contributed by atoms with Crippen LogP contribution in [-0.4, -0.2) is 119 Å². The maximum Gasteiger partial charge on any atom is 0.410 e. The molecule has 3 fully saturated rings. The molecule has 0 radical (unpaired) electrons. The third-order valence-corrected chi connectivity index (χ3v) is 10.2. The van der Waals surface area contributed by atoms with Gasteiger partial charge >= 0.3 is 12.2 Å². The van der Waals surface area contributed by atoms with Crippen LogP contribution < -0.4 is 14.4 Å². The average Bonchev–Trinajstić information content (AvgIpc) is 3.83. The molecule has 57 heavy (non-hydrogen) atoms. The number of aromatic nitrogens is 2. The maximum atomic E-state index is 14.9. The van der Waals surface area contributed by atoms with Gasteiger partial charge in [0.05, 0.1) is 23.9 Å². The number of nitrogens with zero attached hydrogens (tertiary/aromatic N) is 5. The van der Waals surface area contributed by atoms with E-state index >= 15 is 0 Å². The molecule has 0 unspecified atom stereocenters. The highest BCUT2D eigenvalue weighted by atomic mass is 19.1. The zero-order valence-corrected chi connectivity index (χ0v) is 33.7. The van der Waals surface area contributed by atoms with E-state index in [-0.39, 0.29) is 30.3 Å². The van der Waals surface area contributed by atoms with Gasteiger partial charge in [0.25, 0.3) is 5.91 Å². The molecular formula is C43H53FN6O7. The molecule has 3 saturated heterocycles. The average molecular weight is 785 g/mol. The second-order valence-corrected chi connectivity index (χ2v) is 17.0. The lowest BCUT2D eigenvalue weighted by Gasteiger charge is -2.37. The number of halogens is 1. The van der Waals surface area contributed by atoms with Crippen molar-refractivity contribution in [3.05, 3.63) is 72.3 Å². The van der Waals surface area contributed by atoms with E-state index in [1.165, 1.54) is 12.1 Å². The Bertz CT molecular complexity index is 2090. The number of amides is 3. The second kappa shape index (κ2) is 16.1. The van der Waals surface area contributed by atoms with E-state index in [1.54, 1.807) is 22.2 Å². The molecular weight excluding hydrogens is 732 g/mol. The predicted octanol–water partition coefficient (Wildman–Crippen LogP) is 7.50. The third-order valence-electron chi connectivity index (χ3n) is 10.2. The van der Waals surface area contributed by atoms with Crippen LogP contribution in [0.2, 0.25) is 0 Å². The number of nitrogens with one attached hydrogen (secondary N) is 1. The molecule has 14 heteroatoms. The first-order chi connectivity index (χ1) is 27.1. The van der Waals surface area contributed by atoms with Gasteiger partial charge in [-0.2, -0.15) is 0 Å². The first kappa shape index (κ1) is 39.7. The molecule has 3 amide bonds. The van der Waals surface area contributed by atoms with Crippen LogP contribution in [0.1, 0.15) is 71.2 Å². The number of carbonyl (C=O) groups excluding carboxylic acids is 3. The Balaban J connectivity index is 0.989. The summed E-state index contributed by atoms with van der Waals surface area (Å²) in [6, 6.07) is 16.1. The molecule has 0 spiro atoms. The number of likely N-dealkylation sites (tertiary alicyclic amines) is 2. The maximum absolute atomic E-state index is 14.9. The highest BCUT2D eigenvalue weighted by molar-refractivity contribution is 5.96. The molecule has 4 heterocycles. The predicted molar refractivity (Wildman–Crippen MR) is 214 cm³/mol. The minimum absolute atomic E-state index is 0.0978. The van der Waals surface area contributed by atoms with Gasteiger partial charge in [0.1, 0.15) is 40.7 Å². The number of fused-ring (bicyclic) bond motifs is 1. The van der Waals surface area contributed by atoms with E-state index < -0.39 is 17.0 Å². The topological polar surface area (TPSA) is 130 Å². The summed E-state index contributed by atoms with van der Waals surface area (Å²) in [7, 11) is 0. The molecule has 0 saturated carbocycles. The Kier molecular flexibility index (Phi) is 11.2. The monoisotopic (exact) mass is 784 g/mol. The van der Waals surface area contributed by atoms with Crippen LogP contribution in [0.5, 0.6) is 11.5 Å². The van der Waals surface area contributed by atoms with Crippen LogP contribution in [0.25, 0.3) is 22.2 Å². The lowest BCUT2D eigenvalue weighted by Crippen LogP contribution is -2.50. The molecule has 0 bridgehead atoms. The number of H-pyrrole nitrogens is 1. The Morgan fingerprint density at radius 1 is 0.719 bits per heavy atom.